The molecule has 0 aliphatic carbocycles. The number of carbonyl (C=O) groups is 1. The summed E-state index contributed by atoms with van der Waals surface area (Å²) in [7, 11) is 0. The van der Waals surface area contributed by atoms with Crippen molar-refractivity contribution in [2.24, 2.45) is 5.41 Å². The van der Waals surface area contributed by atoms with E-state index in [1.54, 1.807) is 0 Å². The van der Waals surface area contributed by atoms with E-state index in [9.17, 15) is 27.5 Å². The third kappa shape index (κ3) is 6.80. The number of alkyl halides is 2. The van der Waals surface area contributed by atoms with Gasteiger partial charge in [0, 0.05) is 34.1 Å². The van der Waals surface area contributed by atoms with Gasteiger partial charge in [0.05, 0.1) is 18.6 Å². The van der Waals surface area contributed by atoms with Crippen LogP contribution in [0.2, 0.25) is 0 Å². The predicted molar refractivity (Wildman–Crippen MR) is 124 cm³/mol. The molecule has 3 rings (SSSR count). The van der Waals surface area contributed by atoms with Gasteiger partial charge in [0.15, 0.2) is 6.29 Å². The number of benzene rings is 2. The quantitative estimate of drug-likeness (QED) is 0.349. The van der Waals surface area contributed by atoms with Crippen LogP contribution in [0, 0.1) is 17.0 Å². The predicted octanol–water partition coefficient (Wildman–Crippen LogP) is 6.61. The molecule has 8 heteroatoms. The van der Waals surface area contributed by atoms with Crippen LogP contribution in [0.25, 0.3) is 5.57 Å². The maximum absolute atomic E-state index is 14.7. The Morgan fingerprint density at radius 2 is 1.57 bits per heavy atom. The molecule has 3 atom stereocenters. The summed E-state index contributed by atoms with van der Waals surface area (Å²) in [5.74, 6) is -2.59. The SMILES string of the molecule is CC(C)(C)C1OC(C=CC(=C(c2ccccc2F)c2ccccc2F)C(F)F)CC(CC(=O)O)O1. The van der Waals surface area contributed by atoms with Crippen LogP contribution in [0.4, 0.5) is 17.6 Å². The number of rotatable bonds is 7. The van der Waals surface area contributed by atoms with Gasteiger partial charge in [-0.15, -0.1) is 0 Å². The second-order valence-electron chi connectivity index (χ2n) is 9.41. The Morgan fingerprint density at radius 3 is 2.03 bits per heavy atom. The van der Waals surface area contributed by atoms with Gasteiger partial charge >= 0.3 is 5.97 Å². The molecule has 3 unspecified atom stereocenters. The van der Waals surface area contributed by atoms with Crippen molar-refractivity contribution < 1.29 is 36.9 Å². The number of halogens is 4. The highest BCUT2D eigenvalue weighted by atomic mass is 19.3. The van der Waals surface area contributed by atoms with E-state index in [1.807, 2.05) is 20.8 Å². The molecule has 2 aromatic rings. The van der Waals surface area contributed by atoms with Gasteiger partial charge in [0.2, 0.25) is 0 Å². The molecule has 0 saturated carbocycles. The Morgan fingerprint density at radius 1 is 1.03 bits per heavy atom. The van der Waals surface area contributed by atoms with Crippen LogP contribution in [0.5, 0.6) is 0 Å². The zero-order valence-electron chi connectivity index (χ0n) is 19.7. The third-order valence-corrected chi connectivity index (χ3v) is 5.52. The van der Waals surface area contributed by atoms with Crippen molar-refractivity contribution in [2.75, 3.05) is 0 Å². The minimum absolute atomic E-state index is 0.126. The fourth-order valence-corrected chi connectivity index (χ4v) is 3.85. The van der Waals surface area contributed by atoms with Gasteiger partial charge in [-0.1, -0.05) is 69.3 Å². The summed E-state index contributed by atoms with van der Waals surface area (Å²) in [6, 6.07) is 10.7. The molecule has 1 saturated heterocycles. The summed E-state index contributed by atoms with van der Waals surface area (Å²) in [6.45, 7) is 5.54. The molecule has 1 N–H and O–H groups in total. The largest absolute Gasteiger partial charge is 0.481 e. The van der Waals surface area contributed by atoms with Gasteiger partial charge in [-0.3, -0.25) is 4.79 Å². The van der Waals surface area contributed by atoms with Crippen molar-refractivity contribution in [3.05, 3.63) is 89.0 Å². The van der Waals surface area contributed by atoms with Crippen molar-refractivity contribution in [2.45, 2.75) is 58.5 Å². The van der Waals surface area contributed by atoms with Gasteiger partial charge in [-0.25, -0.2) is 17.6 Å². The molecule has 0 amide bonds. The molecule has 1 aliphatic rings. The molecule has 0 aromatic heterocycles. The first-order chi connectivity index (χ1) is 16.5. The van der Waals surface area contributed by atoms with Crippen LogP contribution >= 0.6 is 0 Å². The number of carboxylic acid groups (broad SMARTS) is 1. The van der Waals surface area contributed by atoms with E-state index in [-0.39, 0.29) is 29.5 Å². The molecular weight excluding hydrogens is 464 g/mol. The zero-order valence-corrected chi connectivity index (χ0v) is 19.7. The molecule has 0 radical (unpaired) electrons. The first-order valence-corrected chi connectivity index (χ1v) is 11.2. The Bertz CT molecular complexity index is 1060. The fraction of sp³-hybridized carbons (Fsp3) is 0.370. The molecule has 0 bridgehead atoms. The van der Waals surface area contributed by atoms with Crippen molar-refractivity contribution in [3.8, 4) is 0 Å². The minimum Gasteiger partial charge on any atom is -0.481 e. The highest BCUT2D eigenvalue weighted by molar-refractivity contribution is 5.84. The topological polar surface area (TPSA) is 55.8 Å². The standard InChI is InChI=1S/C27H28F4O4/c1-27(2,3)26-34-16(14-17(35-26)15-23(32)33)12-13-20(25(30)31)24(18-8-4-6-10-21(18)28)19-9-5-7-11-22(19)29/h4-13,16-17,25-26H,14-15H2,1-3H3,(H,32,33). The monoisotopic (exact) mass is 492 g/mol. The molecule has 1 aliphatic heterocycles. The summed E-state index contributed by atoms with van der Waals surface area (Å²) in [5, 5.41) is 9.19. The normalized spacial score (nSPS) is 20.9. The Labute approximate surface area is 201 Å². The zero-order chi connectivity index (χ0) is 25.8. The van der Waals surface area contributed by atoms with E-state index < -0.39 is 53.5 Å². The highest BCUT2D eigenvalue weighted by Crippen LogP contribution is 2.36. The molecular formula is C27H28F4O4. The van der Waals surface area contributed by atoms with Crippen LogP contribution in [-0.4, -0.2) is 36.0 Å². The number of hydrogen-bond acceptors (Lipinski definition) is 3. The molecule has 1 heterocycles. The van der Waals surface area contributed by atoms with E-state index in [0.717, 1.165) is 18.2 Å². The molecule has 4 nitrogen and oxygen atoms in total. The van der Waals surface area contributed by atoms with E-state index >= 15 is 0 Å². The van der Waals surface area contributed by atoms with E-state index in [4.69, 9.17) is 9.47 Å². The van der Waals surface area contributed by atoms with Gasteiger partial charge in [-0.2, -0.15) is 0 Å². The van der Waals surface area contributed by atoms with Crippen LogP contribution in [-0.2, 0) is 14.3 Å². The smallest absolute Gasteiger partial charge is 0.305 e. The van der Waals surface area contributed by atoms with Crippen molar-refractivity contribution in [1.82, 2.24) is 0 Å². The summed E-state index contributed by atoms with van der Waals surface area (Å²) in [4.78, 5) is 11.2. The summed E-state index contributed by atoms with van der Waals surface area (Å²) in [5.41, 5.74) is -1.69. The maximum Gasteiger partial charge on any atom is 0.305 e. The lowest BCUT2D eigenvalue weighted by Crippen LogP contribution is -2.44. The Hall–Kier alpha value is -2.97. The van der Waals surface area contributed by atoms with E-state index in [2.05, 4.69) is 0 Å². The molecule has 2 aromatic carbocycles. The van der Waals surface area contributed by atoms with Gasteiger partial charge in [0.25, 0.3) is 6.43 Å². The summed E-state index contributed by atoms with van der Waals surface area (Å²) in [6.07, 6.45) is -2.93. The van der Waals surface area contributed by atoms with E-state index in [0.29, 0.717) is 0 Å². The second kappa shape index (κ2) is 11.2. The maximum atomic E-state index is 14.7. The third-order valence-electron chi connectivity index (χ3n) is 5.52. The van der Waals surface area contributed by atoms with Crippen LogP contribution in [0.3, 0.4) is 0 Å². The Kier molecular flexibility index (Phi) is 8.51. The minimum atomic E-state index is -3.06. The first-order valence-electron chi connectivity index (χ1n) is 11.2. The van der Waals surface area contributed by atoms with Crippen LogP contribution < -0.4 is 0 Å². The average Bonchev–Trinajstić information content (AvgIpc) is 2.77. The number of aliphatic carboxylic acids is 1. The molecule has 0 spiro atoms. The lowest BCUT2D eigenvalue weighted by atomic mass is 9.91. The van der Waals surface area contributed by atoms with Crippen LogP contribution in [0.1, 0.15) is 44.7 Å². The lowest BCUT2D eigenvalue weighted by Gasteiger charge is -2.40. The number of ether oxygens (including phenoxy) is 2. The van der Waals surface area contributed by atoms with Crippen molar-refractivity contribution in [3.63, 3.8) is 0 Å². The summed E-state index contributed by atoms with van der Waals surface area (Å²) >= 11 is 0. The number of allylic oxidation sites excluding steroid dienone is 2. The highest BCUT2D eigenvalue weighted by Gasteiger charge is 2.37. The van der Waals surface area contributed by atoms with E-state index in [1.165, 1.54) is 42.5 Å². The van der Waals surface area contributed by atoms with Crippen molar-refractivity contribution >= 4 is 11.5 Å². The number of hydrogen-bond donors (Lipinski definition) is 1. The second-order valence-corrected chi connectivity index (χ2v) is 9.41. The molecule has 188 valence electrons. The Balaban J connectivity index is 2.09. The fourth-order valence-electron chi connectivity index (χ4n) is 3.85. The summed E-state index contributed by atoms with van der Waals surface area (Å²) < 4.78 is 69.8. The molecule has 35 heavy (non-hydrogen) atoms. The lowest BCUT2D eigenvalue weighted by molar-refractivity contribution is -0.270. The van der Waals surface area contributed by atoms with Gasteiger partial charge in [0.1, 0.15) is 11.6 Å². The first kappa shape index (κ1) is 26.6. The molecule has 1 fully saturated rings. The van der Waals surface area contributed by atoms with Gasteiger partial charge in [-0.05, 0) is 12.1 Å². The van der Waals surface area contributed by atoms with Gasteiger partial charge < -0.3 is 14.6 Å². The number of carboxylic acids is 1. The van der Waals surface area contributed by atoms with Crippen LogP contribution in [0.15, 0.2) is 66.3 Å². The van der Waals surface area contributed by atoms with Crippen molar-refractivity contribution in [1.29, 1.82) is 0 Å². The average molecular weight is 493 g/mol.